The molecule has 0 unspecified atom stereocenters. The van der Waals surface area contributed by atoms with E-state index in [9.17, 15) is 9.59 Å². The molecule has 0 bridgehead atoms. The molecule has 2 rings (SSSR count). The Morgan fingerprint density at radius 1 is 1.25 bits per heavy atom. The maximum Gasteiger partial charge on any atom is 0.329 e. The van der Waals surface area contributed by atoms with Crippen molar-refractivity contribution < 1.29 is 4.79 Å². The number of nitrogens with zero attached hydrogens (tertiary/aromatic N) is 2. The summed E-state index contributed by atoms with van der Waals surface area (Å²) in [7, 11) is 0. The third kappa shape index (κ3) is 2.75. The summed E-state index contributed by atoms with van der Waals surface area (Å²) in [5, 5.41) is 2.76. The minimum Gasteiger partial charge on any atom is -0.354 e. The van der Waals surface area contributed by atoms with Gasteiger partial charge < -0.3 is 11.1 Å². The molecule has 0 spiro atoms. The van der Waals surface area contributed by atoms with Crippen LogP contribution in [0.2, 0.25) is 0 Å². The van der Waals surface area contributed by atoms with E-state index in [1.807, 2.05) is 31.2 Å². The Morgan fingerprint density at radius 3 is 2.50 bits per heavy atom. The standard InChI is InChI=1S/C14H20N4O2/c1-2-17-11-6-3-4-7-12(11)18(14(17)20)10-13(19)16-9-5-8-15/h3-4,6-7H,2,5,8-10,15H2,1H3,(H,16,19). The van der Waals surface area contributed by atoms with Crippen LogP contribution in [0.25, 0.3) is 11.0 Å². The van der Waals surface area contributed by atoms with Crippen molar-refractivity contribution in [2.45, 2.75) is 26.4 Å². The first-order valence-electron chi connectivity index (χ1n) is 6.83. The van der Waals surface area contributed by atoms with Crippen molar-refractivity contribution in [1.29, 1.82) is 0 Å². The Morgan fingerprint density at radius 2 is 1.90 bits per heavy atom. The minimum absolute atomic E-state index is 0.0386. The van der Waals surface area contributed by atoms with Gasteiger partial charge in [0, 0.05) is 13.1 Å². The molecule has 108 valence electrons. The van der Waals surface area contributed by atoms with Gasteiger partial charge in [-0.15, -0.1) is 0 Å². The van der Waals surface area contributed by atoms with E-state index < -0.39 is 0 Å². The van der Waals surface area contributed by atoms with Crippen molar-refractivity contribution in [3.8, 4) is 0 Å². The highest BCUT2D eigenvalue weighted by atomic mass is 16.2. The maximum absolute atomic E-state index is 12.3. The van der Waals surface area contributed by atoms with Gasteiger partial charge in [0.1, 0.15) is 6.54 Å². The van der Waals surface area contributed by atoms with Crippen molar-refractivity contribution in [1.82, 2.24) is 14.5 Å². The van der Waals surface area contributed by atoms with Crippen LogP contribution in [0.1, 0.15) is 13.3 Å². The van der Waals surface area contributed by atoms with Crippen LogP contribution in [0.4, 0.5) is 0 Å². The highest BCUT2D eigenvalue weighted by Gasteiger charge is 2.13. The van der Waals surface area contributed by atoms with Crippen molar-refractivity contribution in [3.05, 3.63) is 34.7 Å². The number of fused-ring (bicyclic) bond motifs is 1. The van der Waals surface area contributed by atoms with Crippen molar-refractivity contribution in [2.75, 3.05) is 13.1 Å². The summed E-state index contributed by atoms with van der Waals surface area (Å²) < 4.78 is 3.18. The molecule has 0 fully saturated rings. The zero-order chi connectivity index (χ0) is 14.5. The summed E-state index contributed by atoms with van der Waals surface area (Å²) in [5.74, 6) is -0.167. The monoisotopic (exact) mass is 276 g/mol. The molecule has 0 saturated heterocycles. The van der Waals surface area contributed by atoms with Crippen LogP contribution in [0.15, 0.2) is 29.1 Å². The highest BCUT2D eigenvalue weighted by molar-refractivity contribution is 5.80. The van der Waals surface area contributed by atoms with Gasteiger partial charge in [0.05, 0.1) is 11.0 Å². The minimum atomic E-state index is -0.167. The number of nitrogens with two attached hydrogens (primary N) is 1. The summed E-state index contributed by atoms with van der Waals surface area (Å²) in [6.07, 6.45) is 0.733. The smallest absolute Gasteiger partial charge is 0.329 e. The van der Waals surface area contributed by atoms with E-state index in [1.54, 1.807) is 4.57 Å². The average Bonchev–Trinajstić information content (AvgIpc) is 2.72. The first kappa shape index (κ1) is 14.3. The fourth-order valence-corrected chi connectivity index (χ4v) is 2.26. The lowest BCUT2D eigenvalue weighted by Gasteiger charge is -2.05. The molecule has 0 saturated carbocycles. The lowest BCUT2D eigenvalue weighted by atomic mass is 10.3. The molecule has 3 N–H and O–H groups in total. The highest BCUT2D eigenvalue weighted by Crippen LogP contribution is 2.12. The molecule has 2 aromatic rings. The number of benzene rings is 1. The molecular weight excluding hydrogens is 256 g/mol. The average molecular weight is 276 g/mol. The lowest BCUT2D eigenvalue weighted by molar-refractivity contribution is -0.121. The molecule has 1 aromatic heterocycles. The quantitative estimate of drug-likeness (QED) is 0.744. The van der Waals surface area contributed by atoms with Crippen LogP contribution >= 0.6 is 0 Å². The Labute approximate surface area is 117 Å². The molecule has 1 heterocycles. The number of carbonyl (C=O) groups excluding carboxylic acids is 1. The van der Waals surface area contributed by atoms with Gasteiger partial charge >= 0.3 is 5.69 Å². The molecule has 0 radical (unpaired) electrons. The number of carbonyl (C=O) groups is 1. The SMILES string of the molecule is CCn1c(=O)n(CC(=O)NCCCN)c2ccccc21. The number of aryl methyl sites for hydroxylation is 1. The van der Waals surface area contributed by atoms with E-state index in [1.165, 1.54) is 4.57 Å². The molecule has 6 nitrogen and oxygen atoms in total. The van der Waals surface area contributed by atoms with Crippen LogP contribution in [0.5, 0.6) is 0 Å². The maximum atomic E-state index is 12.3. The number of imidazole rings is 1. The van der Waals surface area contributed by atoms with Crippen molar-refractivity contribution in [3.63, 3.8) is 0 Å². The summed E-state index contributed by atoms with van der Waals surface area (Å²) in [4.78, 5) is 24.2. The first-order chi connectivity index (χ1) is 9.69. The fourth-order valence-electron chi connectivity index (χ4n) is 2.26. The first-order valence-corrected chi connectivity index (χ1v) is 6.83. The van der Waals surface area contributed by atoms with Crippen LogP contribution in [0, 0.1) is 0 Å². The van der Waals surface area contributed by atoms with Crippen LogP contribution in [0.3, 0.4) is 0 Å². The van der Waals surface area contributed by atoms with Gasteiger partial charge in [-0.25, -0.2) is 4.79 Å². The summed E-state index contributed by atoms with van der Waals surface area (Å²) in [6.45, 7) is 3.61. The van der Waals surface area contributed by atoms with Crippen molar-refractivity contribution >= 4 is 16.9 Å². The van der Waals surface area contributed by atoms with E-state index in [0.717, 1.165) is 17.5 Å². The normalized spacial score (nSPS) is 10.9. The van der Waals surface area contributed by atoms with Crippen LogP contribution < -0.4 is 16.7 Å². The second-order valence-electron chi connectivity index (χ2n) is 4.59. The van der Waals surface area contributed by atoms with E-state index in [-0.39, 0.29) is 18.1 Å². The number of amides is 1. The van der Waals surface area contributed by atoms with Crippen LogP contribution in [-0.2, 0) is 17.9 Å². The number of hydrogen-bond donors (Lipinski definition) is 2. The molecule has 0 aliphatic carbocycles. The van der Waals surface area contributed by atoms with Gasteiger partial charge in [-0.3, -0.25) is 13.9 Å². The van der Waals surface area contributed by atoms with Crippen molar-refractivity contribution in [2.24, 2.45) is 5.73 Å². The third-order valence-electron chi connectivity index (χ3n) is 3.25. The molecule has 0 aliphatic heterocycles. The molecular formula is C14H20N4O2. The molecule has 1 aromatic carbocycles. The zero-order valence-corrected chi connectivity index (χ0v) is 11.6. The zero-order valence-electron chi connectivity index (χ0n) is 11.6. The van der Waals surface area contributed by atoms with Gasteiger partial charge in [0.2, 0.25) is 5.91 Å². The number of rotatable bonds is 6. The Bertz CT molecular complexity index is 657. The lowest BCUT2D eigenvalue weighted by Crippen LogP contribution is -2.34. The predicted octanol–water partition coefficient (Wildman–Crippen LogP) is 0.288. The van der Waals surface area contributed by atoms with Gasteiger partial charge in [0.25, 0.3) is 0 Å². The van der Waals surface area contributed by atoms with E-state index in [4.69, 9.17) is 5.73 Å². The van der Waals surface area contributed by atoms with E-state index in [2.05, 4.69) is 5.32 Å². The number of hydrogen-bond acceptors (Lipinski definition) is 3. The summed E-state index contributed by atoms with van der Waals surface area (Å²) >= 11 is 0. The van der Waals surface area contributed by atoms with Gasteiger partial charge in [-0.1, -0.05) is 12.1 Å². The van der Waals surface area contributed by atoms with Crippen LogP contribution in [-0.4, -0.2) is 28.1 Å². The Kier molecular flexibility index (Phi) is 4.57. The molecule has 0 atom stereocenters. The van der Waals surface area contributed by atoms with Gasteiger partial charge in [0.15, 0.2) is 0 Å². The topological polar surface area (TPSA) is 82.0 Å². The third-order valence-corrected chi connectivity index (χ3v) is 3.25. The Hall–Kier alpha value is -2.08. The second kappa shape index (κ2) is 6.38. The van der Waals surface area contributed by atoms with E-state index in [0.29, 0.717) is 19.6 Å². The number of aromatic nitrogens is 2. The molecule has 0 aliphatic rings. The van der Waals surface area contributed by atoms with E-state index >= 15 is 0 Å². The number of para-hydroxylation sites is 2. The largest absolute Gasteiger partial charge is 0.354 e. The molecule has 6 heteroatoms. The summed E-state index contributed by atoms with van der Waals surface area (Å²) in [6, 6.07) is 7.50. The number of nitrogens with one attached hydrogen (secondary N) is 1. The second-order valence-corrected chi connectivity index (χ2v) is 4.59. The van der Waals surface area contributed by atoms with Gasteiger partial charge in [-0.2, -0.15) is 0 Å². The van der Waals surface area contributed by atoms with Gasteiger partial charge in [-0.05, 0) is 32.0 Å². The Balaban J connectivity index is 2.28. The summed E-state index contributed by atoms with van der Waals surface area (Å²) in [5.41, 5.74) is 6.87. The predicted molar refractivity (Wildman–Crippen MR) is 78.6 cm³/mol. The molecule has 1 amide bonds. The molecule has 20 heavy (non-hydrogen) atoms. The fraction of sp³-hybridized carbons (Fsp3) is 0.429.